The van der Waals surface area contributed by atoms with Crippen LogP contribution in [0.2, 0.25) is 0 Å². The third kappa shape index (κ3) is 2.99. The van der Waals surface area contributed by atoms with Gasteiger partial charge in [-0.1, -0.05) is 0 Å². The van der Waals surface area contributed by atoms with Crippen molar-refractivity contribution in [3.63, 3.8) is 0 Å². The Balaban J connectivity index is 2.52. The first-order valence-electron chi connectivity index (χ1n) is 6.88. The number of carbonyl (C=O) groups is 2. The summed E-state index contributed by atoms with van der Waals surface area (Å²) in [5.74, 6) is -1.07. The Kier molecular flexibility index (Phi) is 4.04. The van der Waals surface area contributed by atoms with E-state index in [4.69, 9.17) is 0 Å². The highest BCUT2D eigenvalue weighted by Crippen LogP contribution is 2.36. The van der Waals surface area contributed by atoms with Gasteiger partial charge < -0.3 is 10.0 Å². The zero-order chi connectivity index (χ0) is 16.7. The smallest absolute Gasteiger partial charge is 0.311 e. The number of nitrogens with zero attached hydrogens (tertiary/aromatic N) is 1. The molecule has 0 radical (unpaired) electrons. The molecule has 6 nitrogen and oxygen atoms in total. The van der Waals surface area contributed by atoms with Crippen molar-refractivity contribution in [2.75, 3.05) is 24.2 Å². The first-order chi connectivity index (χ1) is 10.0. The van der Waals surface area contributed by atoms with Crippen LogP contribution in [0.15, 0.2) is 23.1 Å². The molecule has 1 fully saturated rings. The summed E-state index contributed by atoms with van der Waals surface area (Å²) >= 11 is 0. The Hall–Kier alpha value is -1.89. The zero-order valence-corrected chi connectivity index (χ0v) is 13.6. The van der Waals surface area contributed by atoms with Crippen LogP contribution in [0.1, 0.15) is 30.6 Å². The number of aliphatic carboxylic acids is 1. The lowest BCUT2D eigenvalue weighted by molar-refractivity contribution is -0.146. The molecule has 0 spiro atoms. The Labute approximate surface area is 129 Å². The largest absolute Gasteiger partial charge is 0.481 e. The number of hydrogen-bond donors (Lipinski definition) is 1. The minimum atomic E-state index is -3.47. The predicted molar refractivity (Wildman–Crippen MR) is 82.1 cm³/mol. The highest BCUT2D eigenvalue weighted by Gasteiger charge is 2.41. The van der Waals surface area contributed by atoms with Gasteiger partial charge in [-0.25, -0.2) is 8.42 Å². The summed E-state index contributed by atoms with van der Waals surface area (Å²) in [4.78, 5) is 24.8. The van der Waals surface area contributed by atoms with Crippen LogP contribution in [-0.4, -0.2) is 44.6 Å². The van der Waals surface area contributed by atoms with Gasteiger partial charge in [0, 0.05) is 24.9 Å². The molecule has 1 unspecified atom stereocenters. The van der Waals surface area contributed by atoms with Crippen molar-refractivity contribution < 1.29 is 23.1 Å². The molecule has 120 valence electrons. The van der Waals surface area contributed by atoms with E-state index in [0.717, 1.165) is 6.26 Å². The van der Waals surface area contributed by atoms with Crippen molar-refractivity contribution in [3.8, 4) is 0 Å². The fourth-order valence-corrected chi connectivity index (χ4v) is 3.52. The van der Waals surface area contributed by atoms with E-state index in [9.17, 15) is 23.1 Å². The van der Waals surface area contributed by atoms with Gasteiger partial charge in [-0.15, -0.1) is 0 Å². The van der Waals surface area contributed by atoms with Crippen LogP contribution < -0.4 is 4.90 Å². The lowest BCUT2D eigenvalue weighted by atomic mass is 9.90. The average Bonchev–Trinajstić information content (AvgIpc) is 2.81. The van der Waals surface area contributed by atoms with Crippen LogP contribution >= 0.6 is 0 Å². The lowest BCUT2D eigenvalue weighted by Crippen LogP contribution is -2.32. The number of anilines is 1. The summed E-state index contributed by atoms with van der Waals surface area (Å²) in [5.41, 5.74) is -0.104. The van der Waals surface area contributed by atoms with E-state index in [1.165, 1.54) is 25.1 Å². The number of benzene rings is 1. The molecule has 1 aromatic rings. The number of hydrogen-bond acceptors (Lipinski definition) is 5. The van der Waals surface area contributed by atoms with Crippen molar-refractivity contribution in [3.05, 3.63) is 23.8 Å². The van der Waals surface area contributed by atoms with Gasteiger partial charge >= 0.3 is 5.97 Å². The maximum Gasteiger partial charge on any atom is 0.311 e. The number of carbonyl (C=O) groups excluding carboxylic acids is 1. The van der Waals surface area contributed by atoms with Crippen molar-refractivity contribution in [1.29, 1.82) is 0 Å². The molecule has 0 bridgehead atoms. The quantitative estimate of drug-likeness (QED) is 0.845. The van der Waals surface area contributed by atoms with Crippen LogP contribution in [0, 0.1) is 5.41 Å². The maximum atomic E-state index is 12.0. The molecule has 0 aliphatic carbocycles. The topological polar surface area (TPSA) is 91.8 Å². The van der Waals surface area contributed by atoms with Crippen molar-refractivity contribution in [1.82, 2.24) is 0 Å². The summed E-state index contributed by atoms with van der Waals surface area (Å²) < 4.78 is 23.9. The van der Waals surface area contributed by atoms with Gasteiger partial charge in [-0.2, -0.15) is 0 Å². The van der Waals surface area contributed by atoms with E-state index >= 15 is 0 Å². The standard InChI is InChI=1S/C15H19NO5S/c1-10(17)11-4-5-13(22(3,20)21)12(8-11)16-7-6-15(2,9-16)14(18)19/h4-5,8H,6-7,9H2,1-3H3,(H,18,19). The summed E-state index contributed by atoms with van der Waals surface area (Å²) in [6.45, 7) is 3.70. The molecule has 0 amide bonds. The average molecular weight is 325 g/mol. The van der Waals surface area contributed by atoms with Gasteiger partial charge in [-0.3, -0.25) is 9.59 Å². The van der Waals surface area contributed by atoms with E-state index in [1.54, 1.807) is 11.8 Å². The van der Waals surface area contributed by atoms with Gasteiger partial charge in [0.05, 0.1) is 16.0 Å². The molecule has 7 heteroatoms. The van der Waals surface area contributed by atoms with Gasteiger partial charge in [0.2, 0.25) is 0 Å². The van der Waals surface area contributed by atoms with Gasteiger partial charge in [-0.05, 0) is 38.5 Å². The Morgan fingerprint density at radius 3 is 2.41 bits per heavy atom. The minimum absolute atomic E-state index is 0.118. The molecule has 1 aromatic carbocycles. The molecule has 1 atom stereocenters. The lowest BCUT2D eigenvalue weighted by Gasteiger charge is -2.24. The molecular formula is C15H19NO5S. The van der Waals surface area contributed by atoms with Crippen LogP contribution in [0.3, 0.4) is 0 Å². The maximum absolute atomic E-state index is 12.0. The molecule has 22 heavy (non-hydrogen) atoms. The van der Waals surface area contributed by atoms with E-state index in [0.29, 0.717) is 24.2 Å². The Morgan fingerprint density at radius 1 is 1.32 bits per heavy atom. The van der Waals surface area contributed by atoms with E-state index in [2.05, 4.69) is 0 Å². The van der Waals surface area contributed by atoms with Crippen LogP contribution in [-0.2, 0) is 14.6 Å². The summed E-state index contributed by atoms with van der Waals surface area (Å²) in [6, 6.07) is 4.43. The number of carboxylic acid groups (broad SMARTS) is 1. The zero-order valence-electron chi connectivity index (χ0n) is 12.8. The number of sulfone groups is 1. The van der Waals surface area contributed by atoms with Crippen LogP contribution in [0.5, 0.6) is 0 Å². The number of carboxylic acids is 1. The highest BCUT2D eigenvalue weighted by atomic mass is 32.2. The molecule has 1 aliphatic rings. The van der Waals surface area contributed by atoms with Gasteiger partial charge in [0.1, 0.15) is 0 Å². The van der Waals surface area contributed by atoms with Crippen molar-refractivity contribution >= 4 is 27.3 Å². The van der Waals surface area contributed by atoms with E-state index < -0.39 is 21.2 Å². The highest BCUT2D eigenvalue weighted by molar-refractivity contribution is 7.90. The monoisotopic (exact) mass is 325 g/mol. The van der Waals surface area contributed by atoms with Crippen LogP contribution in [0.25, 0.3) is 0 Å². The van der Waals surface area contributed by atoms with Gasteiger partial charge in [0.15, 0.2) is 15.6 Å². The van der Waals surface area contributed by atoms with Crippen molar-refractivity contribution in [2.24, 2.45) is 5.41 Å². The number of rotatable bonds is 4. The third-order valence-corrected chi connectivity index (χ3v) is 5.24. The first kappa shape index (κ1) is 16.5. The predicted octanol–water partition coefficient (Wildman–Crippen LogP) is 1.59. The molecule has 1 heterocycles. The Morgan fingerprint density at radius 2 is 1.95 bits per heavy atom. The summed E-state index contributed by atoms with van der Waals surface area (Å²) in [5, 5.41) is 9.31. The normalized spacial score (nSPS) is 21.9. The molecule has 0 aromatic heterocycles. The number of ketones is 1. The fraction of sp³-hybridized carbons (Fsp3) is 0.467. The molecule has 0 saturated carbocycles. The fourth-order valence-electron chi connectivity index (χ4n) is 2.64. The van der Waals surface area contributed by atoms with Gasteiger partial charge in [0.25, 0.3) is 0 Å². The van der Waals surface area contributed by atoms with Crippen molar-refractivity contribution in [2.45, 2.75) is 25.2 Å². The summed E-state index contributed by atoms with van der Waals surface area (Å²) in [6.07, 6.45) is 1.53. The molecular weight excluding hydrogens is 306 g/mol. The van der Waals surface area contributed by atoms with E-state index in [-0.39, 0.29) is 17.2 Å². The first-order valence-corrected chi connectivity index (χ1v) is 8.77. The Bertz CT molecular complexity index is 740. The summed E-state index contributed by atoms with van der Waals surface area (Å²) in [7, 11) is -3.47. The second-order valence-corrected chi connectivity index (χ2v) is 8.03. The SMILES string of the molecule is CC(=O)c1ccc(S(C)(=O)=O)c(N2CCC(C)(C(=O)O)C2)c1. The number of Topliss-reactive ketones (excluding diaryl/α,β-unsaturated/α-hetero) is 1. The molecule has 1 saturated heterocycles. The minimum Gasteiger partial charge on any atom is -0.481 e. The third-order valence-electron chi connectivity index (χ3n) is 4.10. The second kappa shape index (κ2) is 5.39. The molecule has 2 rings (SSSR count). The second-order valence-electron chi connectivity index (χ2n) is 6.05. The molecule has 1 N–H and O–H groups in total. The van der Waals surface area contributed by atoms with Crippen LogP contribution in [0.4, 0.5) is 5.69 Å². The molecule has 1 aliphatic heterocycles. The van der Waals surface area contributed by atoms with E-state index in [1.807, 2.05) is 0 Å².